The molecule has 1 aliphatic heterocycles. The number of nitrogens with zero attached hydrogens (tertiary/aromatic N) is 2. The van der Waals surface area contributed by atoms with Crippen molar-refractivity contribution in [3.8, 4) is 11.5 Å². The first kappa shape index (κ1) is 38.3. The van der Waals surface area contributed by atoms with E-state index in [0.717, 1.165) is 79.8 Å². The summed E-state index contributed by atoms with van der Waals surface area (Å²) in [5.74, 6) is -8.50. The standard InChI is InChI=1S/C33H42F5N3O7S/c1-2-3-21-46-26-11-9-24(10-12-26)32(34,35)29(30(42)40-19-17-25(39)18-20-40)41(48-31(43)33(36,37)38)49(44,45)28-15-13-27(14-16-28)47-22-23-7-5-4-6-8-23/h9-16,23,25,29H,2-8,17-22,39H2,1H3/t29-/m1/s1. The number of hydrogen-bond acceptors (Lipinski definition) is 8. The highest BCUT2D eigenvalue weighted by Crippen LogP contribution is 2.40. The molecule has 0 unspecified atom stereocenters. The zero-order chi connectivity index (χ0) is 35.8. The SMILES string of the molecule is CCCCOc1ccc(C(F)(F)[C@@H](C(=O)N2CCC(N)CC2)N(OC(=O)C(F)(F)F)S(=O)(=O)c2ccc(OCC3CCCCC3)cc2)cc1. The summed E-state index contributed by atoms with van der Waals surface area (Å²) in [4.78, 5) is 30.3. The molecular weight excluding hydrogens is 677 g/mol. The van der Waals surface area contributed by atoms with Crippen molar-refractivity contribution in [2.75, 3.05) is 26.3 Å². The first-order valence-corrected chi connectivity index (χ1v) is 17.8. The summed E-state index contributed by atoms with van der Waals surface area (Å²) in [5, 5.41) is 0. The molecule has 1 aliphatic carbocycles. The number of alkyl halides is 5. The molecule has 0 radical (unpaired) electrons. The van der Waals surface area contributed by atoms with Gasteiger partial charge in [-0.3, -0.25) is 4.79 Å². The Morgan fingerprint density at radius 3 is 2.04 bits per heavy atom. The molecule has 2 aliphatic rings. The Hall–Kier alpha value is -3.50. The van der Waals surface area contributed by atoms with Gasteiger partial charge in [-0.2, -0.15) is 22.0 Å². The molecule has 2 aromatic rings. The van der Waals surface area contributed by atoms with E-state index < -0.39 is 55.0 Å². The number of halogens is 5. The van der Waals surface area contributed by atoms with E-state index in [9.17, 15) is 31.2 Å². The molecule has 16 heteroatoms. The van der Waals surface area contributed by atoms with E-state index in [-0.39, 0.29) is 50.1 Å². The maximum Gasteiger partial charge on any atom is 0.492 e. The number of piperidine rings is 1. The lowest BCUT2D eigenvalue weighted by atomic mass is 9.90. The number of amides is 1. The molecule has 0 bridgehead atoms. The van der Waals surface area contributed by atoms with E-state index >= 15 is 8.78 Å². The predicted octanol–water partition coefficient (Wildman–Crippen LogP) is 5.95. The average molecular weight is 720 g/mol. The molecule has 49 heavy (non-hydrogen) atoms. The van der Waals surface area contributed by atoms with Gasteiger partial charge in [0.05, 0.1) is 18.1 Å². The van der Waals surface area contributed by atoms with Gasteiger partial charge in [-0.05, 0) is 91.0 Å². The molecule has 0 spiro atoms. The number of carbonyl (C=O) groups excluding carboxylic acids is 2. The monoisotopic (exact) mass is 719 g/mol. The summed E-state index contributed by atoms with van der Waals surface area (Å²) in [6.45, 7) is 2.18. The minimum Gasteiger partial charge on any atom is -0.494 e. The lowest BCUT2D eigenvalue weighted by Gasteiger charge is -2.38. The van der Waals surface area contributed by atoms with Crippen molar-refractivity contribution in [1.82, 2.24) is 9.37 Å². The molecule has 0 aromatic heterocycles. The molecule has 1 saturated carbocycles. The van der Waals surface area contributed by atoms with Crippen LogP contribution in [-0.2, 0) is 30.4 Å². The van der Waals surface area contributed by atoms with Crippen LogP contribution in [0.15, 0.2) is 53.4 Å². The van der Waals surface area contributed by atoms with Crippen molar-refractivity contribution in [2.24, 2.45) is 11.7 Å². The van der Waals surface area contributed by atoms with E-state index in [1.807, 2.05) is 6.92 Å². The van der Waals surface area contributed by atoms with Crippen LogP contribution < -0.4 is 15.2 Å². The van der Waals surface area contributed by atoms with Crippen LogP contribution in [0.3, 0.4) is 0 Å². The molecule has 272 valence electrons. The third-order valence-electron chi connectivity index (χ3n) is 8.62. The number of unbranched alkanes of at least 4 members (excludes halogenated alkanes) is 1. The second-order valence-corrected chi connectivity index (χ2v) is 14.1. The van der Waals surface area contributed by atoms with Crippen LogP contribution in [-0.4, -0.2) is 74.2 Å². The summed E-state index contributed by atoms with van der Waals surface area (Å²) >= 11 is 0. The average Bonchev–Trinajstić information content (AvgIpc) is 3.07. The molecule has 2 fully saturated rings. The third-order valence-corrected chi connectivity index (χ3v) is 10.2. The number of benzene rings is 2. The molecule has 1 heterocycles. The number of ether oxygens (including phenoxy) is 2. The van der Waals surface area contributed by atoms with Gasteiger partial charge < -0.3 is 24.9 Å². The Morgan fingerprint density at radius 2 is 1.47 bits per heavy atom. The Balaban J connectivity index is 1.74. The summed E-state index contributed by atoms with van der Waals surface area (Å²) in [5.41, 5.74) is 4.96. The lowest BCUT2D eigenvalue weighted by molar-refractivity contribution is -0.239. The van der Waals surface area contributed by atoms with Crippen LogP contribution in [0, 0.1) is 5.92 Å². The van der Waals surface area contributed by atoms with Gasteiger partial charge >= 0.3 is 18.1 Å². The lowest BCUT2D eigenvalue weighted by Crippen LogP contribution is -2.60. The van der Waals surface area contributed by atoms with Gasteiger partial charge in [-0.25, -0.2) is 13.2 Å². The highest BCUT2D eigenvalue weighted by atomic mass is 32.2. The Kier molecular flexibility index (Phi) is 12.9. The molecule has 4 rings (SSSR count). The van der Waals surface area contributed by atoms with E-state index in [1.165, 1.54) is 12.1 Å². The molecule has 1 amide bonds. The Labute approximate surface area is 282 Å². The number of rotatable bonds is 14. The summed E-state index contributed by atoms with van der Waals surface area (Å²) in [6.07, 6.45) is 1.18. The fourth-order valence-corrected chi connectivity index (χ4v) is 7.04. The number of carbonyl (C=O) groups is 2. The number of likely N-dealkylation sites (tertiary alicyclic amines) is 1. The van der Waals surface area contributed by atoms with Crippen molar-refractivity contribution in [3.05, 3.63) is 54.1 Å². The Morgan fingerprint density at radius 1 is 0.898 bits per heavy atom. The minimum atomic E-state index is -5.80. The van der Waals surface area contributed by atoms with Crippen LogP contribution in [0.5, 0.6) is 11.5 Å². The number of hydroxylamine groups is 1. The second kappa shape index (κ2) is 16.5. The maximum atomic E-state index is 16.6. The van der Waals surface area contributed by atoms with E-state index in [4.69, 9.17) is 15.2 Å². The summed E-state index contributed by atoms with van der Waals surface area (Å²) in [7, 11) is -5.56. The van der Waals surface area contributed by atoms with E-state index in [0.29, 0.717) is 18.9 Å². The minimum absolute atomic E-state index is 0.158. The van der Waals surface area contributed by atoms with Gasteiger partial charge in [-0.1, -0.05) is 32.6 Å². The topological polar surface area (TPSA) is 128 Å². The quantitative estimate of drug-likeness (QED) is 0.144. The van der Waals surface area contributed by atoms with Gasteiger partial charge in [0.25, 0.3) is 15.9 Å². The normalized spacial score (nSPS) is 17.5. The molecule has 2 aromatic carbocycles. The number of nitrogens with two attached hydrogens (primary N) is 1. The van der Waals surface area contributed by atoms with Crippen LogP contribution in [0.2, 0.25) is 0 Å². The van der Waals surface area contributed by atoms with Gasteiger partial charge in [0, 0.05) is 24.7 Å². The Bertz CT molecular complexity index is 1490. The van der Waals surface area contributed by atoms with Crippen molar-refractivity contribution in [2.45, 2.75) is 93.8 Å². The first-order chi connectivity index (χ1) is 23.1. The number of hydrogen-bond donors (Lipinski definition) is 1. The second-order valence-electron chi connectivity index (χ2n) is 12.3. The summed E-state index contributed by atoms with van der Waals surface area (Å²) < 4.78 is 112. The van der Waals surface area contributed by atoms with Gasteiger partial charge in [0.2, 0.25) is 6.04 Å². The van der Waals surface area contributed by atoms with Gasteiger partial charge in [0.15, 0.2) is 0 Å². The summed E-state index contributed by atoms with van der Waals surface area (Å²) in [6, 6.07) is 4.64. The molecular formula is C33H42F5N3O7S. The zero-order valence-corrected chi connectivity index (χ0v) is 28.0. The fourth-order valence-electron chi connectivity index (χ4n) is 5.69. The van der Waals surface area contributed by atoms with Crippen LogP contribution >= 0.6 is 0 Å². The fraction of sp³-hybridized carbons (Fsp3) is 0.576. The van der Waals surface area contributed by atoms with Gasteiger partial charge in [0.1, 0.15) is 11.5 Å². The highest BCUT2D eigenvalue weighted by Gasteiger charge is 2.58. The number of sulfonamides is 1. The van der Waals surface area contributed by atoms with E-state index in [1.54, 1.807) is 0 Å². The van der Waals surface area contributed by atoms with Crippen LogP contribution in [0.25, 0.3) is 0 Å². The first-order valence-electron chi connectivity index (χ1n) is 16.4. The van der Waals surface area contributed by atoms with Crippen molar-refractivity contribution in [3.63, 3.8) is 0 Å². The van der Waals surface area contributed by atoms with Crippen molar-refractivity contribution < 1.29 is 54.3 Å². The van der Waals surface area contributed by atoms with Crippen molar-refractivity contribution >= 4 is 21.9 Å². The smallest absolute Gasteiger partial charge is 0.492 e. The molecule has 1 saturated heterocycles. The predicted molar refractivity (Wildman–Crippen MR) is 168 cm³/mol. The molecule has 2 N–H and O–H groups in total. The highest BCUT2D eigenvalue weighted by molar-refractivity contribution is 7.89. The van der Waals surface area contributed by atoms with Gasteiger partial charge in [-0.15, -0.1) is 0 Å². The molecule has 1 atom stereocenters. The van der Waals surface area contributed by atoms with Crippen LogP contribution in [0.4, 0.5) is 22.0 Å². The van der Waals surface area contributed by atoms with E-state index in [2.05, 4.69) is 4.84 Å². The third kappa shape index (κ3) is 9.81. The zero-order valence-electron chi connectivity index (χ0n) is 27.2. The van der Waals surface area contributed by atoms with Crippen molar-refractivity contribution in [1.29, 1.82) is 0 Å². The van der Waals surface area contributed by atoms with Crippen LogP contribution in [0.1, 0.15) is 70.3 Å². The maximum absolute atomic E-state index is 16.6. The molecule has 10 nitrogen and oxygen atoms in total. The largest absolute Gasteiger partial charge is 0.494 e.